The lowest BCUT2D eigenvalue weighted by atomic mass is 9.92. The van der Waals surface area contributed by atoms with Gasteiger partial charge < -0.3 is 57.0 Å². The topological polar surface area (TPSA) is 328 Å². The second-order valence-electron chi connectivity index (χ2n) is 27.0. The number of nitrogens with one attached hydrogen (secondary N) is 5. The number of imidazole rings is 4. The third kappa shape index (κ3) is 13.0. The fourth-order valence-corrected chi connectivity index (χ4v) is 14.9. The van der Waals surface area contributed by atoms with Crippen molar-refractivity contribution in [1.82, 2.24) is 90.4 Å². The summed E-state index contributed by atoms with van der Waals surface area (Å²) in [5.41, 5.74) is 34.1. The fourth-order valence-electron chi connectivity index (χ4n) is 14.9. The minimum absolute atomic E-state index is 0.478. The number of ether oxygens (including phenoxy) is 4. The van der Waals surface area contributed by atoms with E-state index < -0.39 is 0 Å². The summed E-state index contributed by atoms with van der Waals surface area (Å²) in [6, 6.07) is 35.2. The second-order valence-corrected chi connectivity index (χ2v) is 27.0. The van der Waals surface area contributed by atoms with Crippen molar-refractivity contribution in [3.8, 4) is 113 Å². The number of aromatic nitrogens is 18. The van der Waals surface area contributed by atoms with Gasteiger partial charge in [-0.1, -0.05) is 44.9 Å². The van der Waals surface area contributed by atoms with Gasteiger partial charge in [0.2, 0.25) is 0 Å². The molecule has 12 heterocycles. The zero-order valence-corrected chi connectivity index (χ0v) is 63.8. The van der Waals surface area contributed by atoms with Gasteiger partial charge in [-0.05, 0) is 220 Å². The molecule has 0 aliphatic heterocycles. The van der Waals surface area contributed by atoms with Crippen LogP contribution in [0.15, 0.2) is 134 Å². The van der Waals surface area contributed by atoms with Gasteiger partial charge in [0.1, 0.15) is 45.1 Å². The van der Waals surface area contributed by atoms with Crippen LogP contribution in [0.2, 0.25) is 0 Å². The van der Waals surface area contributed by atoms with E-state index >= 15 is 0 Å². The van der Waals surface area contributed by atoms with Gasteiger partial charge in [0, 0.05) is 86.0 Å². The highest BCUT2D eigenvalue weighted by molar-refractivity contribution is 6.08. The minimum atomic E-state index is 0.478. The Morgan fingerprint density at radius 3 is 1.08 bits per heavy atom. The molecular weight excluding hydrogens is 1380 g/mol. The molecule has 26 nitrogen and oxygen atoms in total. The second kappa shape index (κ2) is 28.7. The maximum absolute atomic E-state index is 5.67. The maximum Gasteiger partial charge on any atom is 0.294 e. The number of pyridine rings is 2. The van der Waals surface area contributed by atoms with Gasteiger partial charge in [0.15, 0.2) is 0 Å². The number of benzene rings is 6. The summed E-state index contributed by atoms with van der Waals surface area (Å²) in [5.74, 6) is 3.15. The minimum Gasteiger partial charge on any atom is -0.468 e. The summed E-state index contributed by atoms with van der Waals surface area (Å²) in [5, 5.41) is 30.4. The van der Waals surface area contributed by atoms with Crippen LogP contribution in [-0.4, -0.2) is 118 Å². The lowest BCUT2D eigenvalue weighted by Gasteiger charge is -2.13. The summed E-state index contributed by atoms with van der Waals surface area (Å²) >= 11 is 0. The van der Waals surface area contributed by atoms with Crippen molar-refractivity contribution in [3.63, 3.8) is 0 Å². The Labute approximate surface area is 625 Å². The Kier molecular flexibility index (Phi) is 18.8. The van der Waals surface area contributed by atoms with Gasteiger partial charge in [-0.15, -0.1) is 0 Å². The zero-order valence-electron chi connectivity index (χ0n) is 63.8. The number of nitrogens with zero attached hydrogens (tertiary/aromatic N) is 13. The maximum atomic E-state index is 5.67. The first-order chi connectivity index (χ1) is 52.6. The van der Waals surface area contributed by atoms with Gasteiger partial charge in [0.05, 0.1) is 101 Å². The van der Waals surface area contributed by atoms with Crippen molar-refractivity contribution in [2.24, 2.45) is 7.05 Å². The van der Waals surface area contributed by atoms with Crippen LogP contribution in [0.25, 0.3) is 155 Å². The van der Waals surface area contributed by atoms with Crippen molar-refractivity contribution in [2.75, 3.05) is 27.9 Å². The molecule has 0 aliphatic carbocycles. The van der Waals surface area contributed by atoms with Crippen molar-refractivity contribution in [1.29, 1.82) is 0 Å². The van der Waals surface area contributed by atoms with Crippen LogP contribution >= 0.6 is 0 Å². The van der Waals surface area contributed by atoms with Gasteiger partial charge in [-0.2, -0.15) is 30.1 Å². The van der Waals surface area contributed by atoms with Crippen LogP contribution in [0.1, 0.15) is 80.8 Å². The number of hydrogen-bond acceptors (Lipinski definition) is 20. The van der Waals surface area contributed by atoms with Gasteiger partial charge in [0.25, 0.3) is 24.0 Å². The molecule has 0 saturated heterocycles. The Morgan fingerprint density at radius 1 is 0.394 bits per heavy atom. The lowest BCUT2D eigenvalue weighted by molar-refractivity contribution is 0.317. The average Bonchev–Trinajstić information content (AvgIpc) is 1.73. The molecule has 26 heteroatoms. The van der Waals surface area contributed by atoms with E-state index in [1.807, 2.05) is 138 Å². The zero-order chi connectivity index (χ0) is 76.4. The molecule has 0 unspecified atom stereocenters. The van der Waals surface area contributed by atoms with Crippen LogP contribution in [0.3, 0.4) is 0 Å². The lowest BCUT2D eigenvalue weighted by Crippen LogP contribution is -1.96. The number of aryl methyl sites for hydroxylation is 14. The van der Waals surface area contributed by atoms with E-state index in [-0.39, 0.29) is 0 Å². The van der Waals surface area contributed by atoms with Crippen LogP contribution in [0, 0.1) is 90.0 Å². The summed E-state index contributed by atoms with van der Waals surface area (Å²) in [4.78, 5) is 40.7. The Morgan fingerprint density at radius 2 is 0.752 bits per heavy atom. The number of aromatic amines is 5. The molecule has 18 rings (SSSR count). The number of fused-ring (bicyclic) bond motifs is 6. The van der Waals surface area contributed by atoms with Crippen molar-refractivity contribution < 1.29 is 37.0 Å². The van der Waals surface area contributed by atoms with E-state index in [4.69, 9.17) is 42.0 Å². The Bertz CT molecular complexity index is 6210. The van der Waals surface area contributed by atoms with Crippen molar-refractivity contribution in [2.45, 2.75) is 96.9 Å². The fraction of sp³-hybridized carbons (Fsp3) is 0.229. The molecule has 18 aromatic rings. The van der Waals surface area contributed by atoms with Gasteiger partial charge >= 0.3 is 0 Å². The molecule has 0 saturated carbocycles. The number of H-pyrrole nitrogens is 5. The van der Waals surface area contributed by atoms with Crippen LogP contribution < -0.4 is 18.9 Å². The number of methoxy groups -OCH3 is 3. The van der Waals surface area contributed by atoms with E-state index in [0.717, 1.165) is 229 Å². The molecule has 0 spiro atoms. The predicted molar refractivity (Wildman–Crippen MR) is 420 cm³/mol. The van der Waals surface area contributed by atoms with E-state index in [0.29, 0.717) is 30.6 Å². The van der Waals surface area contributed by atoms with Crippen LogP contribution in [0.4, 0.5) is 0 Å². The van der Waals surface area contributed by atoms with Crippen molar-refractivity contribution >= 4 is 65.9 Å². The quantitative estimate of drug-likeness (QED) is 0.0716. The molecule has 0 bridgehead atoms. The first kappa shape index (κ1) is 71.1. The summed E-state index contributed by atoms with van der Waals surface area (Å²) < 4.78 is 45.0. The third-order valence-electron chi connectivity index (χ3n) is 19.7. The molecule has 0 radical (unpaired) electrons. The predicted octanol–water partition coefficient (Wildman–Crippen LogP) is 18.5. The summed E-state index contributed by atoms with van der Waals surface area (Å²) in [6.45, 7) is 28.3. The smallest absolute Gasteiger partial charge is 0.294 e. The normalized spacial score (nSPS) is 11.4. The summed E-state index contributed by atoms with van der Waals surface area (Å²) in [7, 11) is 6.74. The average molecular weight is 1460 g/mol. The van der Waals surface area contributed by atoms with Gasteiger partial charge in [-0.3, -0.25) is 19.7 Å². The molecule has 0 atom stereocenters. The highest BCUT2D eigenvalue weighted by Crippen LogP contribution is 2.45. The van der Waals surface area contributed by atoms with E-state index in [1.165, 1.54) is 0 Å². The largest absolute Gasteiger partial charge is 0.468 e. The third-order valence-corrected chi connectivity index (χ3v) is 19.7. The molecular formula is C83H80N18O8. The molecule has 5 N–H and O–H groups in total. The number of rotatable bonds is 13. The molecule has 0 aliphatic rings. The van der Waals surface area contributed by atoms with Gasteiger partial charge in [-0.25, -0.2) is 0 Å². The molecule has 0 amide bonds. The molecule has 550 valence electrons. The first-order valence-corrected chi connectivity index (χ1v) is 35.4. The Balaban J connectivity index is 0.000000116. The monoisotopic (exact) mass is 1460 g/mol. The van der Waals surface area contributed by atoms with Crippen LogP contribution in [0.5, 0.6) is 24.0 Å². The molecule has 0 fully saturated rings. The molecule has 109 heavy (non-hydrogen) atoms. The Hall–Kier alpha value is -13.5. The standard InChI is InChI=1S/C24H22N4O2.C23H20N4O2.2C18H19N5O2/c1-5-29-24-26-20-12-16(22-14(3)28-30-15(22)4)11-18(23(20)27-24)21-13(2)8-9-19-17(21)7-6-10-25-19;1-12-7-8-18-16(6-5-9-24-18)20(12)17-10-15(21-13(2)27-29-14(21)3)11-19-22(17)26-23(25-19)28-4;1-9-8-19-23(4)17(9)13-6-12(15-10(2)22-25-11(15)3)7-14-16(13)21-18(20-14)24-5;1-8-15(9(2)22-21-8)13-6-12(16-10(3)23-25-11(16)4)7-14-17(13)20-18(19-14)24-5/h6-12H,5H2,1-4H3,(H,26,27);5-11H,1-4H3,(H,25,26);6-8H,1-5H3,(H,20,21);6-7H,1-5H3,(H,19,20)(H,21,22). The SMILES string of the molecule is CCOc1nc2c(-c3c(C)ccc4ncccc34)cc(-c3c(C)noc3C)cc2[nH]1.COc1nc2c(-c3c(C)ccc4ncccc34)cc(-c3c(C)noc3C)cc2[nH]1.COc1nc2c(-c3c(C)cnn3C)cc(-c3c(C)noc3C)cc2[nH]1.COc1nc2c(-c3c(C)n[nH]c3C)cc(-c3c(C)noc3C)cc2[nH]1. The van der Waals surface area contributed by atoms with E-state index in [2.05, 4.69) is 167 Å². The molecule has 6 aromatic carbocycles. The highest BCUT2D eigenvalue weighted by Gasteiger charge is 2.26. The summed E-state index contributed by atoms with van der Waals surface area (Å²) in [6.07, 6.45) is 5.49. The molecule has 12 aromatic heterocycles. The number of hydrogen-bond donors (Lipinski definition) is 5. The van der Waals surface area contributed by atoms with Crippen LogP contribution in [-0.2, 0) is 7.05 Å². The first-order valence-electron chi connectivity index (χ1n) is 35.4. The van der Waals surface area contributed by atoms with E-state index in [9.17, 15) is 0 Å². The van der Waals surface area contributed by atoms with E-state index in [1.54, 1.807) is 21.3 Å². The van der Waals surface area contributed by atoms with Crippen molar-refractivity contribution in [3.05, 3.63) is 190 Å². The highest BCUT2D eigenvalue weighted by atomic mass is 16.5.